The van der Waals surface area contributed by atoms with Gasteiger partial charge in [-0.2, -0.15) is 0 Å². The molecule has 0 heterocycles. The quantitative estimate of drug-likeness (QED) is 0.672. The molecular weight excluding hydrogens is 204 g/mol. The average Bonchev–Trinajstić information content (AvgIpc) is 2.29. The fourth-order valence-electron chi connectivity index (χ4n) is 2.92. The van der Waals surface area contributed by atoms with Crippen LogP contribution in [0, 0.1) is 6.92 Å². The molecule has 0 aromatic heterocycles. The Morgan fingerprint density at radius 1 is 1.00 bits per heavy atom. The summed E-state index contributed by atoms with van der Waals surface area (Å²) in [6.45, 7) is 9.23. The molecule has 0 aliphatic rings. The molecule has 2 rings (SSSR count). The van der Waals surface area contributed by atoms with Crippen molar-refractivity contribution in [3.8, 4) is 0 Å². The number of benzene rings is 2. The standard InChI is InChI=1S/C17H22/c1-5-12-17(3,4)16-11-10-14-8-6-7-9-15(14)13(16)2/h6-11H,5,12H2,1-4H3. The Morgan fingerprint density at radius 2 is 1.71 bits per heavy atom. The second kappa shape index (κ2) is 4.52. The zero-order valence-corrected chi connectivity index (χ0v) is 11.4. The first-order chi connectivity index (χ1) is 8.06. The van der Waals surface area contributed by atoms with Gasteiger partial charge in [0.15, 0.2) is 0 Å². The first-order valence-corrected chi connectivity index (χ1v) is 6.55. The summed E-state index contributed by atoms with van der Waals surface area (Å²) in [5, 5.41) is 2.75. The highest BCUT2D eigenvalue weighted by Crippen LogP contribution is 2.34. The Bertz CT molecular complexity index is 521. The third kappa shape index (κ3) is 2.22. The van der Waals surface area contributed by atoms with Gasteiger partial charge in [-0.15, -0.1) is 0 Å². The average molecular weight is 226 g/mol. The lowest BCUT2D eigenvalue weighted by Crippen LogP contribution is -2.18. The third-order valence-electron chi connectivity index (χ3n) is 3.80. The van der Waals surface area contributed by atoms with Crippen LogP contribution in [0.3, 0.4) is 0 Å². The Kier molecular flexibility index (Phi) is 3.24. The zero-order chi connectivity index (χ0) is 12.5. The molecule has 0 saturated heterocycles. The number of fused-ring (bicyclic) bond motifs is 1. The molecule has 0 bridgehead atoms. The Hall–Kier alpha value is -1.30. The van der Waals surface area contributed by atoms with Crippen LogP contribution in [0.5, 0.6) is 0 Å². The first-order valence-electron chi connectivity index (χ1n) is 6.55. The van der Waals surface area contributed by atoms with E-state index in [0.717, 1.165) is 0 Å². The van der Waals surface area contributed by atoms with E-state index in [1.165, 1.54) is 34.7 Å². The number of aryl methyl sites for hydroxylation is 1. The van der Waals surface area contributed by atoms with Crippen LogP contribution in [0.1, 0.15) is 44.7 Å². The summed E-state index contributed by atoms with van der Waals surface area (Å²) < 4.78 is 0. The minimum Gasteiger partial charge on any atom is -0.0654 e. The van der Waals surface area contributed by atoms with Gasteiger partial charge < -0.3 is 0 Å². The van der Waals surface area contributed by atoms with Gasteiger partial charge in [0.2, 0.25) is 0 Å². The Morgan fingerprint density at radius 3 is 2.41 bits per heavy atom. The molecule has 0 atom stereocenters. The largest absolute Gasteiger partial charge is 0.0654 e. The van der Waals surface area contributed by atoms with E-state index in [1.807, 2.05) is 0 Å². The van der Waals surface area contributed by atoms with Crippen LogP contribution in [0.2, 0.25) is 0 Å². The highest BCUT2D eigenvalue weighted by molar-refractivity contribution is 5.86. The molecule has 0 unspecified atom stereocenters. The normalized spacial score (nSPS) is 12.0. The van der Waals surface area contributed by atoms with Gasteiger partial charge in [-0.25, -0.2) is 0 Å². The number of hydrogen-bond donors (Lipinski definition) is 0. The molecule has 0 saturated carbocycles. The van der Waals surface area contributed by atoms with Crippen molar-refractivity contribution >= 4 is 10.8 Å². The zero-order valence-electron chi connectivity index (χ0n) is 11.4. The third-order valence-corrected chi connectivity index (χ3v) is 3.80. The summed E-state index contributed by atoms with van der Waals surface area (Å²) in [6, 6.07) is 13.2. The lowest BCUT2D eigenvalue weighted by atomic mass is 9.77. The second-order valence-electron chi connectivity index (χ2n) is 5.59. The van der Waals surface area contributed by atoms with Crippen LogP contribution in [0.15, 0.2) is 36.4 Å². The van der Waals surface area contributed by atoms with Crippen LogP contribution in [-0.2, 0) is 5.41 Å². The minimum atomic E-state index is 0.281. The van der Waals surface area contributed by atoms with Crippen molar-refractivity contribution in [2.24, 2.45) is 0 Å². The fourth-order valence-corrected chi connectivity index (χ4v) is 2.92. The van der Waals surface area contributed by atoms with Crippen LogP contribution in [0.4, 0.5) is 0 Å². The van der Waals surface area contributed by atoms with Crippen molar-refractivity contribution in [1.82, 2.24) is 0 Å². The van der Waals surface area contributed by atoms with Crippen molar-refractivity contribution in [1.29, 1.82) is 0 Å². The highest BCUT2D eigenvalue weighted by atomic mass is 14.3. The number of rotatable bonds is 3. The number of hydrogen-bond acceptors (Lipinski definition) is 0. The van der Waals surface area contributed by atoms with Crippen LogP contribution in [0.25, 0.3) is 10.8 Å². The molecule has 0 spiro atoms. The van der Waals surface area contributed by atoms with Gasteiger partial charge in [0.25, 0.3) is 0 Å². The molecule has 2 aromatic rings. The van der Waals surface area contributed by atoms with Crippen LogP contribution >= 0.6 is 0 Å². The highest BCUT2D eigenvalue weighted by Gasteiger charge is 2.21. The molecule has 17 heavy (non-hydrogen) atoms. The summed E-state index contributed by atoms with van der Waals surface area (Å²) in [5.74, 6) is 0. The van der Waals surface area contributed by atoms with Gasteiger partial charge in [-0.05, 0) is 40.7 Å². The molecule has 0 nitrogen and oxygen atoms in total. The van der Waals surface area contributed by atoms with E-state index in [9.17, 15) is 0 Å². The van der Waals surface area contributed by atoms with Crippen LogP contribution in [-0.4, -0.2) is 0 Å². The molecule has 0 radical (unpaired) electrons. The van der Waals surface area contributed by atoms with Crippen molar-refractivity contribution in [3.63, 3.8) is 0 Å². The van der Waals surface area contributed by atoms with Crippen molar-refractivity contribution in [2.45, 2.75) is 46.0 Å². The predicted octanol–water partition coefficient (Wildman–Crippen LogP) is 5.23. The predicted molar refractivity (Wildman–Crippen MR) is 76.6 cm³/mol. The fraction of sp³-hybridized carbons (Fsp3) is 0.412. The topological polar surface area (TPSA) is 0 Å². The summed E-state index contributed by atoms with van der Waals surface area (Å²) in [7, 11) is 0. The van der Waals surface area contributed by atoms with Gasteiger partial charge in [0.1, 0.15) is 0 Å². The maximum Gasteiger partial charge on any atom is -0.0101 e. The molecular formula is C17H22. The second-order valence-corrected chi connectivity index (χ2v) is 5.59. The van der Waals surface area contributed by atoms with Gasteiger partial charge in [-0.1, -0.05) is 63.6 Å². The monoisotopic (exact) mass is 226 g/mol. The summed E-state index contributed by atoms with van der Waals surface area (Å²) >= 11 is 0. The van der Waals surface area contributed by atoms with Crippen LogP contribution < -0.4 is 0 Å². The van der Waals surface area contributed by atoms with E-state index >= 15 is 0 Å². The summed E-state index contributed by atoms with van der Waals surface area (Å²) in [5.41, 5.74) is 3.22. The lowest BCUT2D eigenvalue weighted by Gasteiger charge is -2.27. The van der Waals surface area contributed by atoms with Gasteiger partial charge in [-0.3, -0.25) is 0 Å². The van der Waals surface area contributed by atoms with Gasteiger partial charge in [0, 0.05) is 0 Å². The summed E-state index contributed by atoms with van der Waals surface area (Å²) in [4.78, 5) is 0. The van der Waals surface area contributed by atoms with E-state index in [-0.39, 0.29) is 5.41 Å². The van der Waals surface area contributed by atoms with E-state index in [2.05, 4.69) is 64.1 Å². The molecule has 0 N–H and O–H groups in total. The molecule has 0 aliphatic carbocycles. The maximum atomic E-state index is 2.35. The molecule has 2 aromatic carbocycles. The van der Waals surface area contributed by atoms with E-state index in [1.54, 1.807) is 0 Å². The molecule has 0 fully saturated rings. The summed E-state index contributed by atoms with van der Waals surface area (Å²) in [6.07, 6.45) is 2.48. The van der Waals surface area contributed by atoms with Gasteiger partial charge in [0.05, 0.1) is 0 Å². The lowest BCUT2D eigenvalue weighted by molar-refractivity contribution is 0.471. The van der Waals surface area contributed by atoms with E-state index in [4.69, 9.17) is 0 Å². The van der Waals surface area contributed by atoms with Crippen molar-refractivity contribution < 1.29 is 0 Å². The molecule has 0 heteroatoms. The van der Waals surface area contributed by atoms with Crippen molar-refractivity contribution in [3.05, 3.63) is 47.5 Å². The van der Waals surface area contributed by atoms with Crippen molar-refractivity contribution in [2.75, 3.05) is 0 Å². The molecule has 0 amide bonds. The molecule has 90 valence electrons. The minimum absolute atomic E-state index is 0.281. The molecule has 0 aliphatic heterocycles. The first kappa shape index (κ1) is 12.2. The van der Waals surface area contributed by atoms with E-state index < -0.39 is 0 Å². The maximum absolute atomic E-state index is 2.35. The Balaban J connectivity index is 2.60. The van der Waals surface area contributed by atoms with Gasteiger partial charge >= 0.3 is 0 Å². The smallest absolute Gasteiger partial charge is 0.0101 e. The van der Waals surface area contributed by atoms with E-state index in [0.29, 0.717) is 0 Å². The SMILES string of the molecule is CCCC(C)(C)c1ccc2ccccc2c1C. The Labute approximate surface area is 105 Å².